The maximum absolute atomic E-state index is 5.56. The molecule has 0 aromatic heterocycles. The van der Waals surface area contributed by atoms with Crippen LogP contribution in [0.4, 0.5) is 5.69 Å². The fourth-order valence-electron chi connectivity index (χ4n) is 1.88. The van der Waals surface area contributed by atoms with Gasteiger partial charge in [0, 0.05) is 25.3 Å². The van der Waals surface area contributed by atoms with Crippen LogP contribution in [0.1, 0.15) is 19.4 Å². The van der Waals surface area contributed by atoms with Crippen molar-refractivity contribution in [1.82, 2.24) is 9.80 Å². The summed E-state index contributed by atoms with van der Waals surface area (Å²) >= 11 is 5.56. The number of rotatable bonds is 6. The third-order valence-electron chi connectivity index (χ3n) is 2.99. The van der Waals surface area contributed by atoms with Gasteiger partial charge in [0.05, 0.1) is 0 Å². The molecule has 0 fully saturated rings. The van der Waals surface area contributed by atoms with Crippen molar-refractivity contribution in [2.24, 2.45) is 5.92 Å². The minimum Gasteiger partial charge on any atom is -0.347 e. The van der Waals surface area contributed by atoms with E-state index in [0.29, 0.717) is 5.92 Å². The minimum atomic E-state index is 0.593. The normalized spacial score (nSPS) is 10.9. The smallest absolute Gasteiger partial charge is 0.173 e. The lowest BCUT2D eigenvalue weighted by Crippen LogP contribution is -2.41. The third-order valence-corrected chi connectivity index (χ3v) is 3.35. The highest BCUT2D eigenvalue weighted by Crippen LogP contribution is 2.10. The number of benzene rings is 1. The van der Waals surface area contributed by atoms with Gasteiger partial charge >= 0.3 is 0 Å². The van der Waals surface area contributed by atoms with Crippen LogP contribution in [0.3, 0.4) is 0 Å². The van der Waals surface area contributed by atoms with Crippen LogP contribution >= 0.6 is 12.2 Å². The number of likely N-dealkylation sites (N-methyl/N-ethyl adjacent to an activating group) is 1. The van der Waals surface area contributed by atoms with Gasteiger partial charge in [-0.3, -0.25) is 0 Å². The average molecular weight is 293 g/mol. The molecule has 0 amide bonds. The predicted octanol–water partition coefficient (Wildman–Crippen LogP) is 3.21. The first-order valence-electron chi connectivity index (χ1n) is 7.16. The summed E-state index contributed by atoms with van der Waals surface area (Å²) in [7, 11) is 4.17. The highest BCUT2D eigenvalue weighted by atomic mass is 32.1. The van der Waals surface area contributed by atoms with Crippen LogP contribution in [-0.4, -0.2) is 48.6 Å². The molecule has 1 N–H and O–H groups in total. The van der Waals surface area contributed by atoms with Gasteiger partial charge < -0.3 is 15.1 Å². The first-order chi connectivity index (χ1) is 9.38. The number of thiocarbonyl (C=S) groups is 1. The minimum absolute atomic E-state index is 0.593. The van der Waals surface area contributed by atoms with Gasteiger partial charge in [-0.25, -0.2) is 0 Å². The molecule has 0 saturated carbocycles. The quantitative estimate of drug-likeness (QED) is 0.812. The Labute approximate surface area is 129 Å². The van der Waals surface area contributed by atoms with Crippen molar-refractivity contribution in [1.29, 1.82) is 0 Å². The summed E-state index contributed by atoms with van der Waals surface area (Å²) in [5.74, 6) is 0.593. The molecule has 0 aliphatic carbocycles. The largest absolute Gasteiger partial charge is 0.347 e. The Hall–Kier alpha value is -1.13. The SMILES string of the molecule is Cc1ccc(NC(=S)N(CCN(C)C)CC(C)C)cc1. The van der Waals surface area contributed by atoms with Gasteiger partial charge in [0.25, 0.3) is 0 Å². The highest BCUT2D eigenvalue weighted by Gasteiger charge is 2.11. The molecule has 1 aromatic carbocycles. The van der Waals surface area contributed by atoms with Gasteiger partial charge in [0.1, 0.15) is 0 Å². The lowest BCUT2D eigenvalue weighted by molar-refractivity contribution is 0.310. The Morgan fingerprint density at radius 3 is 2.25 bits per heavy atom. The van der Waals surface area contributed by atoms with Crippen molar-refractivity contribution in [3.63, 3.8) is 0 Å². The van der Waals surface area contributed by atoms with Gasteiger partial charge in [-0.15, -0.1) is 0 Å². The zero-order valence-electron chi connectivity index (χ0n) is 13.3. The molecule has 3 nitrogen and oxygen atoms in total. The molecule has 0 unspecified atom stereocenters. The lowest BCUT2D eigenvalue weighted by Gasteiger charge is -2.28. The predicted molar refractivity (Wildman–Crippen MR) is 92.4 cm³/mol. The number of aryl methyl sites for hydroxylation is 1. The second-order valence-corrected chi connectivity index (χ2v) is 6.33. The molecule has 0 spiro atoms. The van der Waals surface area contributed by atoms with Crippen molar-refractivity contribution in [3.05, 3.63) is 29.8 Å². The summed E-state index contributed by atoms with van der Waals surface area (Å²) in [6, 6.07) is 8.33. The zero-order valence-corrected chi connectivity index (χ0v) is 14.1. The van der Waals surface area contributed by atoms with Crippen LogP contribution in [0.5, 0.6) is 0 Å². The molecular weight excluding hydrogens is 266 g/mol. The second-order valence-electron chi connectivity index (χ2n) is 5.94. The maximum Gasteiger partial charge on any atom is 0.173 e. The Bertz CT molecular complexity index is 412. The molecule has 0 heterocycles. The fourth-order valence-corrected chi connectivity index (χ4v) is 2.16. The van der Waals surface area contributed by atoms with Crippen molar-refractivity contribution in [2.75, 3.05) is 39.0 Å². The molecule has 20 heavy (non-hydrogen) atoms. The van der Waals surface area contributed by atoms with E-state index in [1.807, 2.05) is 0 Å². The number of nitrogens with one attached hydrogen (secondary N) is 1. The van der Waals surface area contributed by atoms with E-state index in [4.69, 9.17) is 12.2 Å². The number of anilines is 1. The Kier molecular flexibility index (Phi) is 6.96. The monoisotopic (exact) mass is 293 g/mol. The van der Waals surface area contributed by atoms with Crippen molar-refractivity contribution in [3.8, 4) is 0 Å². The van der Waals surface area contributed by atoms with Crippen molar-refractivity contribution in [2.45, 2.75) is 20.8 Å². The summed E-state index contributed by atoms with van der Waals surface area (Å²) in [5.41, 5.74) is 2.31. The molecule has 1 rings (SSSR count). The fraction of sp³-hybridized carbons (Fsp3) is 0.562. The van der Waals surface area contributed by atoms with Gasteiger partial charge in [0.15, 0.2) is 5.11 Å². The second kappa shape index (κ2) is 8.22. The first-order valence-corrected chi connectivity index (χ1v) is 7.56. The number of nitrogens with zero attached hydrogens (tertiary/aromatic N) is 2. The first kappa shape index (κ1) is 16.9. The van der Waals surface area contributed by atoms with E-state index in [2.05, 4.69) is 74.2 Å². The van der Waals surface area contributed by atoms with E-state index in [9.17, 15) is 0 Å². The van der Waals surface area contributed by atoms with Crippen LogP contribution in [-0.2, 0) is 0 Å². The van der Waals surface area contributed by atoms with Crippen LogP contribution in [0.2, 0.25) is 0 Å². The summed E-state index contributed by atoms with van der Waals surface area (Å²) in [4.78, 5) is 4.43. The van der Waals surface area contributed by atoms with Gasteiger partial charge in [-0.05, 0) is 51.3 Å². The Balaban J connectivity index is 2.64. The topological polar surface area (TPSA) is 18.5 Å². The Morgan fingerprint density at radius 1 is 1.15 bits per heavy atom. The maximum atomic E-state index is 5.56. The molecule has 0 bridgehead atoms. The summed E-state index contributed by atoms with van der Waals surface area (Å²) < 4.78 is 0. The van der Waals surface area contributed by atoms with E-state index >= 15 is 0 Å². The summed E-state index contributed by atoms with van der Waals surface area (Å²) in [5, 5.41) is 4.15. The highest BCUT2D eigenvalue weighted by molar-refractivity contribution is 7.80. The molecule has 0 aliphatic heterocycles. The van der Waals surface area contributed by atoms with Crippen molar-refractivity contribution < 1.29 is 0 Å². The van der Waals surface area contributed by atoms with Crippen LogP contribution in [0, 0.1) is 12.8 Å². The molecule has 0 aliphatic rings. The van der Waals surface area contributed by atoms with Crippen LogP contribution < -0.4 is 5.32 Å². The van der Waals surface area contributed by atoms with Gasteiger partial charge in [-0.2, -0.15) is 0 Å². The molecule has 4 heteroatoms. The van der Waals surface area contributed by atoms with Crippen molar-refractivity contribution >= 4 is 23.0 Å². The van der Waals surface area contributed by atoms with Crippen LogP contribution in [0.15, 0.2) is 24.3 Å². The molecular formula is C16H27N3S. The molecule has 0 atom stereocenters. The molecule has 1 aromatic rings. The third kappa shape index (κ3) is 6.35. The average Bonchev–Trinajstić information content (AvgIpc) is 2.36. The van der Waals surface area contributed by atoms with Crippen LogP contribution in [0.25, 0.3) is 0 Å². The number of hydrogen-bond acceptors (Lipinski definition) is 2. The van der Waals surface area contributed by atoms with E-state index in [1.165, 1.54) is 5.56 Å². The number of hydrogen-bond donors (Lipinski definition) is 1. The molecule has 0 saturated heterocycles. The van der Waals surface area contributed by atoms with E-state index in [0.717, 1.165) is 30.4 Å². The molecule has 112 valence electrons. The lowest BCUT2D eigenvalue weighted by atomic mass is 10.2. The molecule has 0 radical (unpaired) electrons. The Morgan fingerprint density at radius 2 is 1.75 bits per heavy atom. The standard InChI is InChI=1S/C16H27N3S/c1-13(2)12-19(11-10-18(4)5)16(20)17-15-8-6-14(3)7-9-15/h6-9,13H,10-12H2,1-5H3,(H,17,20). The van der Waals surface area contributed by atoms with Gasteiger partial charge in [0.2, 0.25) is 0 Å². The van der Waals surface area contributed by atoms with E-state index < -0.39 is 0 Å². The van der Waals surface area contributed by atoms with E-state index in [-0.39, 0.29) is 0 Å². The zero-order chi connectivity index (χ0) is 15.1. The van der Waals surface area contributed by atoms with Gasteiger partial charge in [-0.1, -0.05) is 31.5 Å². The summed E-state index contributed by atoms with van der Waals surface area (Å²) in [6.45, 7) is 9.45. The summed E-state index contributed by atoms with van der Waals surface area (Å²) in [6.07, 6.45) is 0. The van der Waals surface area contributed by atoms with E-state index in [1.54, 1.807) is 0 Å².